The molecule has 0 aromatic heterocycles. The van der Waals surface area contributed by atoms with E-state index >= 15 is 0 Å². The molecule has 0 fully saturated rings. The molecular formula is C14H21NO. The van der Waals surface area contributed by atoms with Crippen LogP contribution in [0.5, 0.6) is 0 Å². The molecule has 1 aromatic rings. The highest BCUT2D eigenvalue weighted by atomic mass is 16.2. The molecule has 16 heavy (non-hydrogen) atoms. The van der Waals surface area contributed by atoms with E-state index in [1.807, 2.05) is 59.9 Å². The van der Waals surface area contributed by atoms with Gasteiger partial charge in [-0.15, -0.1) is 0 Å². The number of nitrogens with zero attached hydrogens (tertiary/aromatic N) is 1. The fourth-order valence-electron chi connectivity index (χ4n) is 1.94. The average Bonchev–Trinajstić information content (AvgIpc) is 2.14. The second kappa shape index (κ2) is 4.28. The summed E-state index contributed by atoms with van der Waals surface area (Å²) in [5.74, 6) is 0.143. The van der Waals surface area contributed by atoms with Gasteiger partial charge in [-0.2, -0.15) is 0 Å². The molecule has 0 saturated carbocycles. The van der Waals surface area contributed by atoms with E-state index in [1.54, 1.807) is 4.90 Å². The van der Waals surface area contributed by atoms with Crippen LogP contribution in [0.2, 0.25) is 0 Å². The number of carbonyl (C=O) groups is 1. The van der Waals surface area contributed by atoms with Gasteiger partial charge in [0.25, 0.3) is 0 Å². The summed E-state index contributed by atoms with van der Waals surface area (Å²) in [5.41, 5.74) is 2.96. The molecule has 0 saturated heterocycles. The van der Waals surface area contributed by atoms with Gasteiger partial charge < -0.3 is 4.90 Å². The summed E-state index contributed by atoms with van der Waals surface area (Å²) < 4.78 is 0. The maximum absolute atomic E-state index is 12.2. The number of carbonyl (C=O) groups excluding carboxylic acids is 1. The smallest absolute Gasteiger partial charge is 0.232 e. The topological polar surface area (TPSA) is 20.3 Å². The molecule has 0 unspecified atom stereocenters. The summed E-state index contributed by atoms with van der Waals surface area (Å²) in [4.78, 5) is 14.0. The number of amides is 1. The molecule has 0 atom stereocenters. The van der Waals surface area contributed by atoms with Crippen molar-refractivity contribution in [2.75, 3.05) is 11.9 Å². The number of rotatable bonds is 1. The second-order valence-corrected chi connectivity index (χ2v) is 5.35. The van der Waals surface area contributed by atoms with Gasteiger partial charge in [0.15, 0.2) is 0 Å². The van der Waals surface area contributed by atoms with Gasteiger partial charge in [-0.25, -0.2) is 0 Å². The molecule has 2 heteroatoms. The summed E-state index contributed by atoms with van der Waals surface area (Å²) in [6, 6.07) is 6.09. The van der Waals surface area contributed by atoms with Crippen molar-refractivity contribution in [3.8, 4) is 0 Å². The van der Waals surface area contributed by atoms with E-state index in [9.17, 15) is 4.79 Å². The van der Waals surface area contributed by atoms with E-state index in [0.717, 1.165) is 16.8 Å². The molecule has 1 amide bonds. The Hall–Kier alpha value is -1.31. The van der Waals surface area contributed by atoms with Crippen LogP contribution >= 0.6 is 0 Å². The standard InChI is InChI=1S/C14H21NO/c1-10-8-7-9-11(2)12(10)15(6)13(16)14(3,4)5/h7-9H,1-6H3. The van der Waals surface area contributed by atoms with Crippen molar-refractivity contribution < 1.29 is 4.79 Å². The Balaban J connectivity index is 3.15. The minimum absolute atomic E-state index is 0.143. The molecular weight excluding hydrogens is 198 g/mol. The zero-order valence-corrected chi connectivity index (χ0v) is 11.1. The highest BCUT2D eigenvalue weighted by molar-refractivity contribution is 5.97. The largest absolute Gasteiger partial charge is 0.315 e. The van der Waals surface area contributed by atoms with Gasteiger partial charge in [0.2, 0.25) is 5.91 Å². The number of anilines is 1. The molecule has 0 spiro atoms. The number of benzene rings is 1. The van der Waals surface area contributed by atoms with E-state index in [4.69, 9.17) is 0 Å². The molecule has 0 bridgehead atoms. The molecule has 0 N–H and O–H groups in total. The normalized spacial score (nSPS) is 11.4. The van der Waals surface area contributed by atoms with Gasteiger partial charge in [-0.05, 0) is 25.0 Å². The van der Waals surface area contributed by atoms with E-state index < -0.39 is 0 Å². The molecule has 0 heterocycles. The Bertz CT molecular complexity index is 381. The van der Waals surface area contributed by atoms with Gasteiger partial charge in [0, 0.05) is 18.2 Å². The lowest BCUT2D eigenvalue weighted by molar-refractivity contribution is -0.125. The molecule has 1 aromatic carbocycles. The van der Waals surface area contributed by atoms with E-state index in [1.165, 1.54) is 0 Å². The van der Waals surface area contributed by atoms with Crippen LogP contribution in [-0.4, -0.2) is 13.0 Å². The van der Waals surface area contributed by atoms with Crippen LogP contribution in [0.15, 0.2) is 18.2 Å². The number of aryl methyl sites for hydroxylation is 2. The summed E-state index contributed by atoms with van der Waals surface area (Å²) in [6.45, 7) is 9.90. The first-order valence-electron chi connectivity index (χ1n) is 5.59. The van der Waals surface area contributed by atoms with Gasteiger partial charge in [-0.1, -0.05) is 39.0 Å². The van der Waals surface area contributed by atoms with Crippen LogP contribution in [0.3, 0.4) is 0 Å². The SMILES string of the molecule is Cc1cccc(C)c1N(C)C(=O)C(C)(C)C. The second-order valence-electron chi connectivity index (χ2n) is 5.35. The summed E-state index contributed by atoms with van der Waals surface area (Å²) in [7, 11) is 1.85. The van der Waals surface area contributed by atoms with Crippen LogP contribution in [0.25, 0.3) is 0 Å². The van der Waals surface area contributed by atoms with Crippen molar-refractivity contribution in [3.63, 3.8) is 0 Å². The quantitative estimate of drug-likeness (QED) is 0.709. The molecule has 0 radical (unpaired) electrons. The van der Waals surface area contributed by atoms with Crippen molar-refractivity contribution in [2.24, 2.45) is 5.41 Å². The first kappa shape index (κ1) is 12.8. The Kier molecular flexibility index (Phi) is 3.41. The van der Waals surface area contributed by atoms with Crippen LogP contribution in [-0.2, 0) is 4.79 Å². The monoisotopic (exact) mass is 219 g/mol. The highest BCUT2D eigenvalue weighted by Crippen LogP contribution is 2.27. The molecule has 0 aliphatic heterocycles. The third kappa shape index (κ3) is 2.43. The van der Waals surface area contributed by atoms with Crippen LogP contribution in [0, 0.1) is 19.3 Å². The van der Waals surface area contributed by atoms with Crippen LogP contribution in [0.4, 0.5) is 5.69 Å². The lowest BCUT2D eigenvalue weighted by Crippen LogP contribution is -2.37. The minimum atomic E-state index is -0.344. The number of hydrogen-bond acceptors (Lipinski definition) is 1. The Labute approximate surface area is 98.3 Å². The van der Waals surface area contributed by atoms with E-state index in [2.05, 4.69) is 0 Å². The Morgan fingerprint density at radius 3 is 1.94 bits per heavy atom. The molecule has 1 rings (SSSR count). The number of para-hydroxylation sites is 1. The summed E-state index contributed by atoms with van der Waals surface area (Å²) >= 11 is 0. The van der Waals surface area contributed by atoms with Crippen molar-refractivity contribution >= 4 is 11.6 Å². The molecule has 2 nitrogen and oxygen atoms in total. The molecule has 0 aliphatic carbocycles. The fraction of sp³-hybridized carbons (Fsp3) is 0.500. The first-order valence-corrected chi connectivity index (χ1v) is 5.59. The van der Waals surface area contributed by atoms with Crippen molar-refractivity contribution in [3.05, 3.63) is 29.3 Å². The third-order valence-electron chi connectivity index (χ3n) is 2.72. The predicted octanol–water partition coefficient (Wildman–Crippen LogP) is 3.31. The average molecular weight is 219 g/mol. The molecule has 88 valence electrons. The van der Waals surface area contributed by atoms with E-state index in [0.29, 0.717) is 0 Å². The first-order chi connectivity index (χ1) is 7.25. The fourth-order valence-corrected chi connectivity index (χ4v) is 1.94. The van der Waals surface area contributed by atoms with Gasteiger partial charge >= 0.3 is 0 Å². The maximum atomic E-state index is 12.2. The predicted molar refractivity (Wildman–Crippen MR) is 68.8 cm³/mol. The van der Waals surface area contributed by atoms with Crippen LogP contribution < -0.4 is 4.90 Å². The Morgan fingerprint density at radius 2 is 1.56 bits per heavy atom. The summed E-state index contributed by atoms with van der Waals surface area (Å²) in [6.07, 6.45) is 0. The van der Waals surface area contributed by atoms with Crippen molar-refractivity contribution in [1.82, 2.24) is 0 Å². The highest BCUT2D eigenvalue weighted by Gasteiger charge is 2.26. The lowest BCUT2D eigenvalue weighted by atomic mass is 9.94. The van der Waals surface area contributed by atoms with E-state index in [-0.39, 0.29) is 11.3 Å². The Morgan fingerprint density at radius 1 is 1.12 bits per heavy atom. The van der Waals surface area contributed by atoms with Crippen molar-refractivity contribution in [1.29, 1.82) is 0 Å². The van der Waals surface area contributed by atoms with Gasteiger partial charge in [0.1, 0.15) is 0 Å². The summed E-state index contributed by atoms with van der Waals surface area (Å²) in [5, 5.41) is 0. The minimum Gasteiger partial charge on any atom is -0.315 e. The third-order valence-corrected chi connectivity index (χ3v) is 2.72. The molecule has 0 aliphatic rings. The maximum Gasteiger partial charge on any atom is 0.232 e. The lowest BCUT2D eigenvalue weighted by Gasteiger charge is -2.28. The zero-order valence-electron chi connectivity index (χ0n) is 11.1. The van der Waals surface area contributed by atoms with Gasteiger partial charge in [0.05, 0.1) is 0 Å². The zero-order chi connectivity index (χ0) is 12.5. The van der Waals surface area contributed by atoms with Crippen molar-refractivity contribution in [2.45, 2.75) is 34.6 Å². The van der Waals surface area contributed by atoms with Gasteiger partial charge in [-0.3, -0.25) is 4.79 Å². The number of hydrogen-bond donors (Lipinski definition) is 0. The van der Waals surface area contributed by atoms with Crippen LogP contribution in [0.1, 0.15) is 31.9 Å².